The molecule has 110 valence electrons. The number of aryl methyl sites for hydroxylation is 3. The van der Waals surface area contributed by atoms with E-state index in [1.54, 1.807) is 0 Å². The monoisotopic (exact) mass is 312 g/mol. The van der Waals surface area contributed by atoms with Crippen LogP contribution in [0.5, 0.6) is 0 Å². The van der Waals surface area contributed by atoms with E-state index < -0.39 is 0 Å². The normalized spacial score (nSPS) is 11.5. The number of nitrogens with one attached hydrogen (secondary N) is 1. The number of H-pyrrole nitrogens is 1. The van der Waals surface area contributed by atoms with E-state index in [2.05, 4.69) is 56.7 Å². The SMILES string of the molecule is Cc1cccc(CCc2nn3c(=O)c4n[nH]nc4nc3s2)c1. The third kappa shape index (κ3) is 2.17. The average molecular weight is 312 g/mol. The molecular formula is C14H12N6OS. The molecule has 1 aromatic carbocycles. The van der Waals surface area contributed by atoms with Gasteiger partial charge in [0.25, 0.3) is 0 Å². The van der Waals surface area contributed by atoms with Crippen LogP contribution in [0.25, 0.3) is 16.1 Å². The van der Waals surface area contributed by atoms with Gasteiger partial charge in [0.15, 0.2) is 5.52 Å². The quantitative estimate of drug-likeness (QED) is 0.619. The van der Waals surface area contributed by atoms with Crippen LogP contribution < -0.4 is 5.56 Å². The van der Waals surface area contributed by atoms with Gasteiger partial charge in [-0.2, -0.15) is 19.8 Å². The fourth-order valence-electron chi connectivity index (χ4n) is 2.38. The van der Waals surface area contributed by atoms with Gasteiger partial charge in [-0.25, -0.2) is 0 Å². The number of aromatic nitrogens is 6. The highest BCUT2D eigenvalue weighted by atomic mass is 32.1. The molecule has 8 heteroatoms. The van der Waals surface area contributed by atoms with Crippen LogP contribution >= 0.6 is 11.3 Å². The molecule has 22 heavy (non-hydrogen) atoms. The summed E-state index contributed by atoms with van der Waals surface area (Å²) in [5.41, 5.74) is 2.77. The lowest BCUT2D eigenvalue weighted by Crippen LogP contribution is -2.15. The van der Waals surface area contributed by atoms with Crippen molar-refractivity contribution in [3.05, 3.63) is 50.8 Å². The molecule has 0 aliphatic rings. The fourth-order valence-corrected chi connectivity index (χ4v) is 3.26. The third-order valence-electron chi connectivity index (χ3n) is 3.44. The molecule has 3 heterocycles. The molecule has 7 nitrogen and oxygen atoms in total. The molecule has 0 fully saturated rings. The molecule has 3 aromatic heterocycles. The lowest BCUT2D eigenvalue weighted by molar-refractivity contribution is 0.839. The standard InChI is InChI=1S/C14H12N6OS/c1-8-3-2-4-9(7-8)5-6-10-18-20-13(21)11-12(17-19-16-11)15-14(20)22-10/h2-4,7H,5-6H2,1H3,(H,16,17,19). The summed E-state index contributed by atoms with van der Waals surface area (Å²) in [5.74, 6) is 0. The first-order valence-electron chi connectivity index (χ1n) is 6.85. The van der Waals surface area contributed by atoms with E-state index in [1.807, 2.05) is 0 Å². The molecule has 0 saturated carbocycles. The van der Waals surface area contributed by atoms with Crippen molar-refractivity contribution in [2.45, 2.75) is 19.8 Å². The lowest BCUT2D eigenvalue weighted by Gasteiger charge is -1.99. The van der Waals surface area contributed by atoms with Crippen molar-refractivity contribution in [3.8, 4) is 0 Å². The van der Waals surface area contributed by atoms with Crippen LogP contribution in [0.2, 0.25) is 0 Å². The third-order valence-corrected chi connectivity index (χ3v) is 4.41. The largest absolute Gasteiger partial charge is 0.305 e. The highest BCUT2D eigenvalue weighted by molar-refractivity contribution is 7.16. The number of benzene rings is 1. The number of hydrogen-bond donors (Lipinski definition) is 1. The van der Waals surface area contributed by atoms with Gasteiger partial charge in [-0.15, -0.1) is 10.2 Å². The minimum absolute atomic E-state index is 0.216. The van der Waals surface area contributed by atoms with Crippen molar-refractivity contribution in [2.24, 2.45) is 0 Å². The van der Waals surface area contributed by atoms with Crippen LogP contribution in [-0.2, 0) is 12.8 Å². The Balaban J connectivity index is 1.68. The average Bonchev–Trinajstić information content (AvgIpc) is 3.12. The molecule has 0 aliphatic carbocycles. The minimum Gasteiger partial charge on any atom is -0.265 e. The number of rotatable bonds is 3. The highest BCUT2D eigenvalue weighted by Crippen LogP contribution is 2.15. The maximum Gasteiger partial charge on any atom is 0.305 e. The highest BCUT2D eigenvalue weighted by Gasteiger charge is 2.13. The van der Waals surface area contributed by atoms with Crippen LogP contribution in [0, 0.1) is 6.92 Å². The summed E-state index contributed by atoms with van der Waals surface area (Å²) in [5, 5.41) is 15.3. The second kappa shape index (κ2) is 4.99. The van der Waals surface area contributed by atoms with E-state index in [-0.39, 0.29) is 11.1 Å². The summed E-state index contributed by atoms with van der Waals surface area (Å²) in [7, 11) is 0. The second-order valence-electron chi connectivity index (χ2n) is 5.09. The van der Waals surface area contributed by atoms with Gasteiger partial charge < -0.3 is 0 Å². The summed E-state index contributed by atoms with van der Waals surface area (Å²) in [4.78, 5) is 17.1. The Morgan fingerprint density at radius 2 is 2.18 bits per heavy atom. The number of nitrogens with zero attached hydrogens (tertiary/aromatic N) is 5. The topological polar surface area (TPSA) is 88.8 Å². The van der Waals surface area contributed by atoms with Crippen molar-refractivity contribution in [1.29, 1.82) is 0 Å². The first-order valence-corrected chi connectivity index (χ1v) is 7.67. The maximum absolute atomic E-state index is 12.2. The van der Waals surface area contributed by atoms with Crippen molar-refractivity contribution < 1.29 is 0 Å². The first-order chi connectivity index (χ1) is 10.7. The predicted molar refractivity (Wildman–Crippen MR) is 83.2 cm³/mol. The minimum atomic E-state index is -0.285. The predicted octanol–water partition coefficient (Wildman–Crippen LogP) is 1.52. The molecule has 4 rings (SSSR count). The van der Waals surface area contributed by atoms with Crippen LogP contribution in [0.4, 0.5) is 0 Å². The van der Waals surface area contributed by atoms with Gasteiger partial charge in [-0.3, -0.25) is 4.79 Å². The summed E-state index contributed by atoms with van der Waals surface area (Å²) < 4.78 is 1.31. The van der Waals surface area contributed by atoms with E-state index in [0.717, 1.165) is 17.8 Å². The summed E-state index contributed by atoms with van der Waals surface area (Å²) in [6.07, 6.45) is 1.65. The molecule has 0 amide bonds. The van der Waals surface area contributed by atoms with Gasteiger partial charge in [-0.05, 0) is 18.9 Å². The second-order valence-corrected chi connectivity index (χ2v) is 6.13. The zero-order valence-electron chi connectivity index (χ0n) is 11.8. The fraction of sp³-hybridized carbons (Fsp3) is 0.214. The van der Waals surface area contributed by atoms with Crippen LogP contribution in [-0.4, -0.2) is 30.0 Å². The van der Waals surface area contributed by atoms with Gasteiger partial charge in [-0.1, -0.05) is 41.2 Å². The zero-order chi connectivity index (χ0) is 15.1. The molecular weight excluding hydrogens is 300 g/mol. The van der Waals surface area contributed by atoms with Crippen LogP contribution in [0.15, 0.2) is 29.1 Å². The van der Waals surface area contributed by atoms with Crippen LogP contribution in [0.1, 0.15) is 16.1 Å². The van der Waals surface area contributed by atoms with Crippen LogP contribution in [0.3, 0.4) is 0 Å². The van der Waals surface area contributed by atoms with Gasteiger partial charge in [0.2, 0.25) is 10.6 Å². The lowest BCUT2D eigenvalue weighted by atomic mass is 10.1. The van der Waals surface area contributed by atoms with Gasteiger partial charge in [0.1, 0.15) is 5.01 Å². The van der Waals surface area contributed by atoms with E-state index in [4.69, 9.17) is 0 Å². The number of hydrogen-bond acceptors (Lipinski definition) is 6. The Morgan fingerprint density at radius 1 is 1.27 bits per heavy atom. The van der Waals surface area contributed by atoms with Crippen molar-refractivity contribution in [3.63, 3.8) is 0 Å². The smallest absolute Gasteiger partial charge is 0.265 e. The van der Waals surface area contributed by atoms with E-state index in [1.165, 1.54) is 27.0 Å². The number of aromatic amines is 1. The summed E-state index contributed by atoms with van der Waals surface area (Å²) in [6, 6.07) is 8.39. The van der Waals surface area contributed by atoms with E-state index in [0.29, 0.717) is 10.6 Å². The number of fused-ring (bicyclic) bond motifs is 2. The Kier molecular flexibility index (Phi) is 2.97. The molecule has 0 atom stereocenters. The molecule has 0 bridgehead atoms. The molecule has 0 radical (unpaired) electrons. The first kappa shape index (κ1) is 13.1. The zero-order valence-corrected chi connectivity index (χ0v) is 12.6. The van der Waals surface area contributed by atoms with Crippen molar-refractivity contribution >= 4 is 27.5 Å². The summed E-state index contributed by atoms with van der Waals surface area (Å²) in [6.45, 7) is 2.08. The summed E-state index contributed by atoms with van der Waals surface area (Å²) >= 11 is 1.41. The Bertz CT molecular complexity index is 1030. The van der Waals surface area contributed by atoms with Gasteiger partial charge >= 0.3 is 5.56 Å². The molecule has 0 unspecified atom stereocenters. The van der Waals surface area contributed by atoms with Crippen molar-refractivity contribution in [1.82, 2.24) is 30.0 Å². The molecule has 4 aromatic rings. The van der Waals surface area contributed by atoms with E-state index >= 15 is 0 Å². The van der Waals surface area contributed by atoms with Gasteiger partial charge in [0.05, 0.1) is 0 Å². The molecule has 0 spiro atoms. The molecule has 0 aliphatic heterocycles. The van der Waals surface area contributed by atoms with Gasteiger partial charge in [0, 0.05) is 6.42 Å². The van der Waals surface area contributed by atoms with E-state index in [9.17, 15) is 4.79 Å². The Hall–Kier alpha value is -2.61. The van der Waals surface area contributed by atoms with Crippen molar-refractivity contribution in [2.75, 3.05) is 0 Å². The molecule has 1 N–H and O–H groups in total. The molecule has 0 saturated heterocycles. The Morgan fingerprint density at radius 3 is 3.05 bits per heavy atom. The maximum atomic E-state index is 12.2. The Labute approximate surface area is 128 Å².